The summed E-state index contributed by atoms with van der Waals surface area (Å²) in [7, 11) is 0. The van der Waals surface area contributed by atoms with Crippen LogP contribution in [-0.2, 0) is 9.59 Å². The van der Waals surface area contributed by atoms with E-state index in [1.165, 1.54) is 0 Å². The van der Waals surface area contributed by atoms with Crippen LogP contribution in [0.15, 0.2) is 12.2 Å². The summed E-state index contributed by atoms with van der Waals surface area (Å²) in [4.78, 5) is 24.6. The van der Waals surface area contributed by atoms with Gasteiger partial charge in [0.1, 0.15) is 0 Å². The van der Waals surface area contributed by atoms with Gasteiger partial charge in [0.15, 0.2) is 0 Å². The highest BCUT2D eigenvalue weighted by molar-refractivity contribution is 5.90. The Balaban J connectivity index is 2.13. The molecule has 2 N–H and O–H groups in total. The van der Waals surface area contributed by atoms with Crippen molar-refractivity contribution in [2.75, 3.05) is 0 Å². The van der Waals surface area contributed by atoms with Gasteiger partial charge in [-0.05, 0) is 46.0 Å². The molecular formula is C15H24N2O2. The summed E-state index contributed by atoms with van der Waals surface area (Å²) >= 11 is 0. The first kappa shape index (κ1) is 14.1. The summed E-state index contributed by atoms with van der Waals surface area (Å²) in [5, 5.41) is 5.91. The van der Waals surface area contributed by atoms with Gasteiger partial charge >= 0.3 is 0 Å². The smallest absolute Gasteiger partial charge is 0.224 e. The zero-order valence-corrected chi connectivity index (χ0v) is 12.1. The van der Waals surface area contributed by atoms with Crippen molar-refractivity contribution in [2.45, 2.75) is 46.2 Å². The van der Waals surface area contributed by atoms with E-state index in [1.807, 2.05) is 27.7 Å². The number of hydrogen-bond acceptors (Lipinski definition) is 2. The maximum Gasteiger partial charge on any atom is 0.224 e. The van der Waals surface area contributed by atoms with Gasteiger partial charge < -0.3 is 10.6 Å². The van der Waals surface area contributed by atoms with Gasteiger partial charge in [-0.2, -0.15) is 0 Å². The minimum absolute atomic E-state index is 0.0238. The molecule has 2 amide bonds. The van der Waals surface area contributed by atoms with E-state index in [-0.39, 0.29) is 47.6 Å². The van der Waals surface area contributed by atoms with Crippen LogP contribution in [0.1, 0.15) is 34.1 Å². The van der Waals surface area contributed by atoms with Gasteiger partial charge in [0, 0.05) is 12.1 Å². The van der Waals surface area contributed by atoms with Crippen molar-refractivity contribution in [1.82, 2.24) is 10.6 Å². The molecule has 2 bridgehead atoms. The second-order valence-corrected chi connectivity index (χ2v) is 6.33. The fourth-order valence-electron chi connectivity index (χ4n) is 3.30. The number of amides is 2. The van der Waals surface area contributed by atoms with Crippen LogP contribution in [0.25, 0.3) is 0 Å². The summed E-state index contributed by atoms with van der Waals surface area (Å²) in [6, 6.07) is 0.230. The molecule has 4 nitrogen and oxygen atoms in total. The minimum Gasteiger partial charge on any atom is -0.354 e. The van der Waals surface area contributed by atoms with Gasteiger partial charge in [-0.1, -0.05) is 12.2 Å². The number of hydrogen-bond donors (Lipinski definition) is 2. The lowest BCUT2D eigenvalue weighted by Gasteiger charge is -2.27. The van der Waals surface area contributed by atoms with E-state index in [9.17, 15) is 9.59 Å². The third-order valence-electron chi connectivity index (χ3n) is 3.93. The van der Waals surface area contributed by atoms with Crippen molar-refractivity contribution in [1.29, 1.82) is 0 Å². The summed E-state index contributed by atoms with van der Waals surface area (Å²) in [6.45, 7) is 7.79. The minimum atomic E-state index is -0.198. The molecule has 4 heteroatoms. The lowest BCUT2D eigenvalue weighted by molar-refractivity contribution is -0.136. The van der Waals surface area contributed by atoms with Crippen LogP contribution in [0, 0.1) is 23.7 Å². The van der Waals surface area contributed by atoms with Gasteiger partial charge in [-0.15, -0.1) is 0 Å². The molecule has 2 aliphatic rings. The average molecular weight is 264 g/mol. The van der Waals surface area contributed by atoms with Crippen molar-refractivity contribution in [3.63, 3.8) is 0 Å². The second kappa shape index (κ2) is 5.35. The van der Waals surface area contributed by atoms with E-state index in [2.05, 4.69) is 22.8 Å². The molecule has 0 aromatic carbocycles. The maximum absolute atomic E-state index is 12.3. The van der Waals surface area contributed by atoms with Crippen LogP contribution in [0.4, 0.5) is 0 Å². The van der Waals surface area contributed by atoms with Gasteiger partial charge in [0.2, 0.25) is 11.8 Å². The third-order valence-corrected chi connectivity index (χ3v) is 3.93. The van der Waals surface area contributed by atoms with Gasteiger partial charge in [0.25, 0.3) is 0 Å². The molecule has 1 saturated carbocycles. The fourth-order valence-corrected chi connectivity index (χ4v) is 3.30. The van der Waals surface area contributed by atoms with Crippen LogP contribution in [0.3, 0.4) is 0 Å². The predicted octanol–water partition coefficient (Wildman–Crippen LogP) is 1.47. The number of carbonyl (C=O) groups excluding carboxylic acids is 2. The standard InChI is InChI=1S/C15H24N2O2/c1-8(2)16-14(18)12-10-5-6-11(7-10)13(12)15(19)17-9(3)4/h5-6,8-13H,7H2,1-4H3,(H,16,18)(H,17,19). The van der Waals surface area contributed by atoms with Crippen LogP contribution >= 0.6 is 0 Å². The zero-order valence-electron chi connectivity index (χ0n) is 12.1. The molecule has 4 atom stereocenters. The number of nitrogens with one attached hydrogen (secondary N) is 2. The normalized spacial score (nSPS) is 32.1. The largest absolute Gasteiger partial charge is 0.354 e. The number of fused-ring (bicyclic) bond motifs is 2. The average Bonchev–Trinajstić information content (AvgIpc) is 2.85. The Kier molecular flexibility index (Phi) is 3.97. The highest BCUT2D eigenvalue weighted by Gasteiger charge is 2.51. The Morgan fingerprint density at radius 1 is 0.895 bits per heavy atom. The summed E-state index contributed by atoms with van der Waals surface area (Å²) in [5.41, 5.74) is 0. The zero-order chi connectivity index (χ0) is 14.2. The first-order chi connectivity index (χ1) is 8.90. The van der Waals surface area contributed by atoms with E-state index in [0.717, 1.165) is 6.42 Å². The Morgan fingerprint density at radius 2 is 1.26 bits per heavy atom. The molecule has 106 valence electrons. The van der Waals surface area contributed by atoms with Gasteiger partial charge in [-0.25, -0.2) is 0 Å². The van der Waals surface area contributed by atoms with Crippen LogP contribution in [0.2, 0.25) is 0 Å². The predicted molar refractivity (Wildman–Crippen MR) is 74.3 cm³/mol. The molecule has 1 fully saturated rings. The first-order valence-corrected chi connectivity index (χ1v) is 7.19. The van der Waals surface area contributed by atoms with Crippen LogP contribution in [0.5, 0.6) is 0 Å². The molecule has 0 aliphatic heterocycles. The Bertz CT molecular complexity index is 365. The number of rotatable bonds is 4. The molecule has 2 rings (SSSR count). The molecule has 0 heterocycles. The van der Waals surface area contributed by atoms with Crippen molar-refractivity contribution in [3.8, 4) is 0 Å². The number of carbonyl (C=O) groups is 2. The Morgan fingerprint density at radius 3 is 1.58 bits per heavy atom. The van der Waals surface area contributed by atoms with Crippen molar-refractivity contribution in [3.05, 3.63) is 12.2 Å². The van der Waals surface area contributed by atoms with Gasteiger partial charge in [-0.3, -0.25) is 9.59 Å². The molecule has 0 radical (unpaired) electrons. The third kappa shape index (κ3) is 2.82. The highest BCUT2D eigenvalue weighted by atomic mass is 16.2. The quantitative estimate of drug-likeness (QED) is 0.756. The van der Waals surface area contributed by atoms with Crippen molar-refractivity contribution < 1.29 is 9.59 Å². The van der Waals surface area contributed by atoms with E-state index in [1.54, 1.807) is 0 Å². The molecule has 0 saturated heterocycles. The molecule has 0 aromatic rings. The molecular weight excluding hydrogens is 240 g/mol. The molecule has 4 unspecified atom stereocenters. The second-order valence-electron chi connectivity index (χ2n) is 6.33. The van der Waals surface area contributed by atoms with Crippen molar-refractivity contribution >= 4 is 11.8 Å². The van der Waals surface area contributed by atoms with Crippen LogP contribution in [-0.4, -0.2) is 23.9 Å². The molecule has 0 aromatic heterocycles. The summed E-state index contributed by atoms with van der Waals surface area (Å²) in [5.74, 6) is 0.108. The fraction of sp³-hybridized carbons (Fsp3) is 0.733. The molecule has 19 heavy (non-hydrogen) atoms. The number of allylic oxidation sites excluding steroid dienone is 2. The summed E-state index contributed by atoms with van der Waals surface area (Å²) < 4.78 is 0. The molecule has 0 spiro atoms. The lowest BCUT2D eigenvalue weighted by Crippen LogP contribution is -2.46. The van der Waals surface area contributed by atoms with Crippen molar-refractivity contribution in [2.24, 2.45) is 23.7 Å². The maximum atomic E-state index is 12.3. The van der Waals surface area contributed by atoms with Gasteiger partial charge in [0.05, 0.1) is 11.8 Å². The van der Waals surface area contributed by atoms with E-state index < -0.39 is 0 Å². The summed E-state index contributed by atoms with van der Waals surface area (Å²) in [6.07, 6.45) is 5.15. The Labute approximate surface area is 115 Å². The first-order valence-electron chi connectivity index (χ1n) is 7.19. The monoisotopic (exact) mass is 264 g/mol. The topological polar surface area (TPSA) is 58.2 Å². The lowest BCUT2D eigenvalue weighted by atomic mass is 9.81. The SMILES string of the molecule is CC(C)NC(=O)C1C2C=CC(C2)C1C(=O)NC(C)C. The van der Waals surface area contributed by atoms with E-state index in [4.69, 9.17) is 0 Å². The molecule has 2 aliphatic carbocycles. The highest BCUT2D eigenvalue weighted by Crippen LogP contribution is 2.48. The van der Waals surface area contributed by atoms with E-state index >= 15 is 0 Å². The Hall–Kier alpha value is -1.32. The van der Waals surface area contributed by atoms with Crippen LogP contribution < -0.4 is 10.6 Å². The van der Waals surface area contributed by atoms with E-state index in [0.29, 0.717) is 0 Å².